The first-order chi connectivity index (χ1) is 25.6. The third-order valence-electron chi connectivity index (χ3n) is 9.26. The molecule has 3 atom stereocenters. The summed E-state index contributed by atoms with van der Waals surface area (Å²) in [4.78, 5) is 45.8. The van der Waals surface area contributed by atoms with E-state index in [9.17, 15) is 23.8 Å². The number of carbonyl (C=O) groups is 3. The lowest BCUT2D eigenvalue weighted by atomic mass is 10.0. The van der Waals surface area contributed by atoms with Gasteiger partial charge < -0.3 is 25.2 Å². The van der Waals surface area contributed by atoms with Gasteiger partial charge in [-0.1, -0.05) is 161 Å². The highest BCUT2D eigenvalue weighted by Crippen LogP contribution is 2.43. The SMILES string of the molecule is CCCCC/C=C\CCCCCCCC(=O)O[C@H](COC(=O)CCCCCCCCCCCCCCCCCCC)COP(=O)(O)OC[C@H](N)C(=O)O. The molecule has 4 N–H and O–H groups in total. The van der Waals surface area contributed by atoms with Crippen molar-refractivity contribution in [3.8, 4) is 0 Å². The van der Waals surface area contributed by atoms with E-state index in [0.717, 1.165) is 57.8 Å². The van der Waals surface area contributed by atoms with Crippen molar-refractivity contribution in [3.05, 3.63) is 12.2 Å². The third kappa shape index (κ3) is 36.9. The Morgan fingerprint density at radius 1 is 0.566 bits per heavy atom. The van der Waals surface area contributed by atoms with Crippen molar-refractivity contribution in [1.82, 2.24) is 0 Å². The van der Waals surface area contributed by atoms with Crippen LogP contribution in [-0.4, -0.2) is 59.9 Å². The van der Waals surface area contributed by atoms with Crippen LogP contribution in [0.15, 0.2) is 12.2 Å². The van der Waals surface area contributed by atoms with Crippen molar-refractivity contribution in [1.29, 1.82) is 0 Å². The van der Waals surface area contributed by atoms with Gasteiger partial charge in [-0.3, -0.25) is 23.4 Å². The van der Waals surface area contributed by atoms with Gasteiger partial charge in [0.25, 0.3) is 0 Å². The van der Waals surface area contributed by atoms with Crippen LogP contribution in [0.25, 0.3) is 0 Å². The molecule has 0 fully saturated rings. The molecule has 11 nitrogen and oxygen atoms in total. The number of allylic oxidation sites excluding steroid dienone is 2. The molecule has 312 valence electrons. The fourth-order valence-corrected chi connectivity index (χ4v) is 6.66. The Bertz CT molecular complexity index is 963. The van der Waals surface area contributed by atoms with Crippen LogP contribution in [0.2, 0.25) is 0 Å². The maximum Gasteiger partial charge on any atom is 0.472 e. The van der Waals surface area contributed by atoms with Crippen LogP contribution in [0.5, 0.6) is 0 Å². The molecule has 0 aliphatic rings. The molecule has 12 heteroatoms. The number of aliphatic carboxylic acids is 1. The lowest BCUT2D eigenvalue weighted by Gasteiger charge is -2.20. The number of hydrogen-bond donors (Lipinski definition) is 3. The van der Waals surface area contributed by atoms with Crippen molar-refractivity contribution in [2.45, 2.75) is 212 Å². The molecule has 0 aromatic carbocycles. The molecule has 0 aromatic rings. The second-order valence-corrected chi connectivity index (χ2v) is 15.9. The lowest BCUT2D eigenvalue weighted by molar-refractivity contribution is -0.161. The van der Waals surface area contributed by atoms with Gasteiger partial charge in [0.15, 0.2) is 6.10 Å². The highest BCUT2D eigenvalue weighted by Gasteiger charge is 2.28. The minimum Gasteiger partial charge on any atom is -0.480 e. The van der Waals surface area contributed by atoms with Gasteiger partial charge in [-0.05, 0) is 38.5 Å². The summed E-state index contributed by atoms with van der Waals surface area (Å²) in [5.74, 6) is -2.38. The second-order valence-electron chi connectivity index (χ2n) is 14.5. The van der Waals surface area contributed by atoms with E-state index in [2.05, 4.69) is 30.5 Å². The van der Waals surface area contributed by atoms with Crippen molar-refractivity contribution in [3.63, 3.8) is 0 Å². The van der Waals surface area contributed by atoms with Crippen LogP contribution in [0, 0.1) is 0 Å². The van der Waals surface area contributed by atoms with Crippen molar-refractivity contribution >= 4 is 25.7 Å². The molecule has 0 spiro atoms. The number of unbranched alkanes of at least 4 members (excludes halogenated alkanes) is 24. The van der Waals surface area contributed by atoms with Crippen LogP contribution in [-0.2, 0) is 37.5 Å². The fourth-order valence-electron chi connectivity index (χ4n) is 5.88. The van der Waals surface area contributed by atoms with E-state index in [1.165, 1.54) is 103 Å². The topological polar surface area (TPSA) is 172 Å². The third-order valence-corrected chi connectivity index (χ3v) is 10.2. The number of rotatable bonds is 40. The number of phosphoric ester groups is 1. The summed E-state index contributed by atoms with van der Waals surface area (Å²) in [6.07, 6.45) is 35.6. The maximum absolute atomic E-state index is 12.6. The zero-order chi connectivity index (χ0) is 39.3. The predicted molar refractivity (Wildman–Crippen MR) is 213 cm³/mol. The monoisotopic (exact) mass is 776 g/mol. The maximum atomic E-state index is 12.6. The zero-order valence-electron chi connectivity index (χ0n) is 33.6. The standard InChI is InChI=1S/C41H78NO10P/c1-3-5-7-9-11-13-15-17-18-19-20-21-23-24-26-28-30-32-39(43)49-34-37(35-50-53(47,48)51-36-38(42)41(45)46)52-40(44)33-31-29-27-25-22-16-14-12-10-8-6-4-2/h12,14,37-38H,3-11,13,15-36,42H2,1-2H3,(H,45,46)(H,47,48)/b14-12-/t37-,38+/m1/s1. The largest absolute Gasteiger partial charge is 0.480 e. The summed E-state index contributed by atoms with van der Waals surface area (Å²) in [5, 5.41) is 8.87. The van der Waals surface area contributed by atoms with Crippen LogP contribution in [0.3, 0.4) is 0 Å². The predicted octanol–water partition coefficient (Wildman–Crippen LogP) is 10.9. The molecule has 0 rings (SSSR count). The van der Waals surface area contributed by atoms with Gasteiger partial charge in [-0.2, -0.15) is 0 Å². The van der Waals surface area contributed by atoms with Gasteiger partial charge >= 0.3 is 25.7 Å². The molecule has 0 heterocycles. The number of nitrogens with two attached hydrogens (primary N) is 1. The molecule has 0 aromatic heterocycles. The second kappa shape index (κ2) is 37.2. The highest BCUT2D eigenvalue weighted by atomic mass is 31.2. The Hall–Kier alpha value is -1.78. The molecule has 0 amide bonds. The number of phosphoric acid groups is 1. The van der Waals surface area contributed by atoms with Crippen molar-refractivity contribution < 1.29 is 47.5 Å². The van der Waals surface area contributed by atoms with E-state index >= 15 is 0 Å². The van der Waals surface area contributed by atoms with E-state index in [1.54, 1.807) is 0 Å². The Kier molecular flexibility index (Phi) is 35.9. The molecule has 0 radical (unpaired) electrons. The van der Waals surface area contributed by atoms with Gasteiger partial charge in [0.05, 0.1) is 13.2 Å². The molecular formula is C41H78NO10P. The lowest BCUT2D eigenvalue weighted by Crippen LogP contribution is -2.34. The van der Waals surface area contributed by atoms with Gasteiger partial charge in [-0.25, -0.2) is 4.57 Å². The Morgan fingerprint density at radius 3 is 1.42 bits per heavy atom. The molecular weight excluding hydrogens is 697 g/mol. The summed E-state index contributed by atoms with van der Waals surface area (Å²) >= 11 is 0. The summed E-state index contributed by atoms with van der Waals surface area (Å²) in [7, 11) is -4.71. The van der Waals surface area contributed by atoms with E-state index in [-0.39, 0.29) is 19.4 Å². The summed E-state index contributed by atoms with van der Waals surface area (Å²) in [6, 6.07) is -1.52. The molecule has 1 unspecified atom stereocenters. The molecule has 0 aliphatic heterocycles. The summed E-state index contributed by atoms with van der Waals surface area (Å²) in [5.41, 5.74) is 5.32. The van der Waals surface area contributed by atoms with Crippen molar-refractivity contribution in [2.24, 2.45) is 5.73 Å². The average Bonchev–Trinajstić information content (AvgIpc) is 3.13. The zero-order valence-corrected chi connectivity index (χ0v) is 34.5. The molecule has 0 bridgehead atoms. The first-order valence-corrected chi connectivity index (χ1v) is 22.7. The normalized spacial score (nSPS) is 13.9. The van der Waals surface area contributed by atoms with E-state index in [0.29, 0.717) is 12.8 Å². The van der Waals surface area contributed by atoms with Crippen LogP contribution >= 0.6 is 7.82 Å². The molecule has 0 saturated heterocycles. The fraction of sp³-hybridized carbons (Fsp3) is 0.878. The van der Waals surface area contributed by atoms with Gasteiger partial charge in [-0.15, -0.1) is 0 Å². The molecule has 0 saturated carbocycles. The minimum atomic E-state index is -4.71. The Morgan fingerprint density at radius 2 is 0.943 bits per heavy atom. The Labute approximate surface area is 322 Å². The first-order valence-electron chi connectivity index (χ1n) is 21.2. The molecule has 0 aliphatic carbocycles. The van der Waals surface area contributed by atoms with Crippen LogP contribution < -0.4 is 5.73 Å². The molecule has 53 heavy (non-hydrogen) atoms. The van der Waals surface area contributed by atoms with E-state index in [1.807, 2.05) is 0 Å². The quantitative estimate of drug-likeness (QED) is 0.0234. The number of ether oxygens (including phenoxy) is 2. The van der Waals surface area contributed by atoms with Gasteiger partial charge in [0, 0.05) is 12.8 Å². The van der Waals surface area contributed by atoms with Crippen LogP contribution in [0.4, 0.5) is 0 Å². The highest BCUT2D eigenvalue weighted by molar-refractivity contribution is 7.47. The first kappa shape index (κ1) is 51.2. The van der Waals surface area contributed by atoms with Crippen molar-refractivity contribution in [2.75, 3.05) is 19.8 Å². The minimum absolute atomic E-state index is 0.155. The van der Waals surface area contributed by atoms with E-state index in [4.69, 9.17) is 24.8 Å². The van der Waals surface area contributed by atoms with Gasteiger partial charge in [0.2, 0.25) is 0 Å². The number of carboxylic acids is 1. The number of carboxylic acid groups (broad SMARTS) is 1. The van der Waals surface area contributed by atoms with Crippen LogP contribution in [0.1, 0.15) is 200 Å². The number of esters is 2. The summed E-state index contributed by atoms with van der Waals surface area (Å²) < 4.78 is 32.6. The average molecular weight is 776 g/mol. The summed E-state index contributed by atoms with van der Waals surface area (Å²) in [6.45, 7) is 2.78. The van der Waals surface area contributed by atoms with E-state index < -0.39 is 51.1 Å². The number of carbonyl (C=O) groups excluding carboxylic acids is 2. The Balaban J connectivity index is 4.32. The smallest absolute Gasteiger partial charge is 0.472 e. The number of hydrogen-bond acceptors (Lipinski definition) is 9. The van der Waals surface area contributed by atoms with Gasteiger partial charge in [0.1, 0.15) is 12.6 Å².